The monoisotopic (exact) mass is 444 g/mol. The van der Waals surface area contributed by atoms with Crippen molar-refractivity contribution in [1.29, 1.82) is 0 Å². The Hall–Kier alpha value is -2.69. The molecule has 1 heterocycles. The average Bonchev–Trinajstić information content (AvgIpc) is 3.20. The highest BCUT2D eigenvalue weighted by molar-refractivity contribution is 8.03. The van der Waals surface area contributed by atoms with Crippen LogP contribution in [0.4, 0.5) is 0 Å². The molecule has 0 aliphatic carbocycles. The summed E-state index contributed by atoms with van der Waals surface area (Å²) in [7, 11) is 0. The van der Waals surface area contributed by atoms with Gasteiger partial charge in [0.05, 0.1) is 17.5 Å². The molecule has 3 rings (SSSR count). The maximum Gasteiger partial charge on any atom is 0.336 e. The highest BCUT2D eigenvalue weighted by Crippen LogP contribution is 2.30. The summed E-state index contributed by atoms with van der Waals surface area (Å²) in [6, 6.07) is 16.5. The number of hydrogen-bond acceptors (Lipinski definition) is 8. The van der Waals surface area contributed by atoms with Gasteiger partial charge in [-0.25, -0.2) is 10.2 Å². The van der Waals surface area contributed by atoms with Gasteiger partial charge < -0.3 is 5.11 Å². The number of carbonyl (C=O) groups is 2. The van der Waals surface area contributed by atoms with Crippen LogP contribution in [-0.4, -0.2) is 39.1 Å². The van der Waals surface area contributed by atoms with Crippen LogP contribution < -0.4 is 5.43 Å². The summed E-state index contributed by atoms with van der Waals surface area (Å²) >= 11 is 4.32. The second-order valence-electron chi connectivity index (χ2n) is 5.58. The third-order valence-corrected chi connectivity index (χ3v) is 6.76. The number of amides is 1. The number of benzene rings is 2. The van der Waals surface area contributed by atoms with Gasteiger partial charge in [0, 0.05) is 11.3 Å². The molecule has 0 saturated heterocycles. The molecular formula is C19H16N4O3S3. The second-order valence-corrected chi connectivity index (χ2v) is 9.00. The van der Waals surface area contributed by atoms with Crippen molar-refractivity contribution in [2.45, 2.75) is 14.4 Å². The Kier molecular flexibility index (Phi) is 7.79. The molecule has 148 valence electrons. The van der Waals surface area contributed by atoms with Crippen molar-refractivity contribution < 1.29 is 14.7 Å². The van der Waals surface area contributed by atoms with Gasteiger partial charge in [-0.15, -0.1) is 10.2 Å². The van der Waals surface area contributed by atoms with Crippen molar-refractivity contribution in [2.24, 2.45) is 5.10 Å². The molecule has 0 spiro atoms. The third-order valence-electron chi connectivity index (χ3n) is 3.50. The molecule has 2 N–H and O–H groups in total. The zero-order chi connectivity index (χ0) is 20.5. The molecule has 2 aromatic carbocycles. The summed E-state index contributed by atoms with van der Waals surface area (Å²) in [5, 5.41) is 21.2. The fraction of sp³-hybridized carbons (Fsp3) is 0.105. The normalized spacial score (nSPS) is 10.9. The van der Waals surface area contributed by atoms with Crippen molar-refractivity contribution in [3.63, 3.8) is 0 Å². The van der Waals surface area contributed by atoms with Crippen molar-refractivity contribution in [3.05, 3.63) is 71.3 Å². The Balaban J connectivity index is 1.44. The summed E-state index contributed by atoms with van der Waals surface area (Å²) in [6.07, 6.45) is 1.31. The zero-order valence-electron chi connectivity index (χ0n) is 15.0. The van der Waals surface area contributed by atoms with E-state index in [4.69, 9.17) is 5.11 Å². The van der Waals surface area contributed by atoms with Gasteiger partial charge in [-0.2, -0.15) is 5.10 Å². The van der Waals surface area contributed by atoms with Crippen LogP contribution in [0.3, 0.4) is 0 Å². The van der Waals surface area contributed by atoms with Gasteiger partial charge in [-0.1, -0.05) is 83.4 Å². The lowest BCUT2D eigenvalue weighted by atomic mass is 10.1. The topological polar surface area (TPSA) is 105 Å². The van der Waals surface area contributed by atoms with Gasteiger partial charge in [0.2, 0.25) is 0 Å². The molecule has 3 aromatic rings. The number of hydrogen-bond donors (Lipinski definition) is 2. The molecular weight excluding hydrogens is 428 g/mol. The summed E-state index contributed by atoms with van der Waals surface area (Å²) in [5.74, 6) is -0.415. The van der Waals surface area contributed by atoms with Crippen LogP contribution in [0.1, 0.15) is 21.5 Å². The molecule has 0 saturated carbocycles. The molecule has 0 unspecified atom stereocenters. The number of nitrogens with one attached hydrogen (secondary N) is 1. The Bertz CT molecular complexity index is 1010. The van der Waals surface area contributed by atoms with E-state index in [1.807, 2.05) is 18.2 Å². The summed E-state index contributed by atoms with van der Waals surface area (Å²) in [6.45, 7) is 0. The Labute approximate surface area is 179 Å². The molecule has 1 amide bonds. The lowest BCUT2D eigenvalue weighted by Gasteiger charge is -2.00. The minimum Gasteiger partial charge on any atom is -0.478 e. The highest BCUT2D eigenvalue weighted by Gasteiger charge is 2.09. The SMILES string of the molecule is O=C(CSc1nnc(SCc2ccccc2)s1)N/N=C/c1ccccc1C(=O)O. The smallest absolute Gasteiger partial charge is 0.336 e. The lowest BCUT2D eigenvalue weighted by Crippen LogP contribution is -2.19. The van der Waals surface area contributed by atoms with Crippen LogP contribution in [0.15, 0.2) is 68.4 Å². The average molecular weight is 445 g/mol. The number of thioether (sulfide) groups is 2. The third kappa shape index (κ3) is 6.70. The first kappa shape index (κ1) is 21.0. The zero-order valence-corrected chi connectivity index (χ0v) is 17.5. The van der Waals surface area contributed by atoms with Crippen molar-refractivity contribution in [1.82, 2.24) is 15.6 Å². The Morgan fingerprint density at radius 2 is 1.72 bits per heavy atom. The van der Waals surface area contributed by atoms with Gasteiger partial charge in [-0.3, -0.25) is 4.79 Å². The van der Waals surface area contributed by atoms with Crippen LogP contribution in [0, 0.1) is 0 Å². The van der Waals surface area contributed by atoms with Crippen molar-refractivity contribution >= 4 is 53.0 Å². The van der Waals surface area contributed by atoms with Gasteiger partial charge >= 0.3 is 5.97 Å². The van der Waals surface area contributed by atoms with Crippen LogP contribution in [0.25, 0.3) is 0 Å². The quantitative estimate of drug-likeness (QED) is 0.294. The Morgan fingerprint density at radius 1 is 1.03 bits per heavy atom. The number of aromatic carboxylic acids is 1. The number of nitrogens with zero attached hydrogens (tertiary/aromatic N) is 3. The largest absolute Gasteiger partial charge is 0.478 e. The molecule has 29 heavy (non-hydrogen) atoms. The van der Waals surface area contributed by atoms with Crippen LogP contribution in [0.5, 0.6) is 0 Å². The van der Waals surface area contributed by atoms with Gasteiger partial charge in [0.25, 0.3) is 5.91 Å². The van der Waals surface area contributed by atoms with E-state index in [0.717, 1.165) is 10.1 Å². The predicted molar refractivity (Wildman–Crippen MR) is 116 cm³/mol. The van der Waals surface area contributed by atoms with Crippen LogP contribution >= 0.6 is 34.9 Å². The molecule has 1 aromatic heterocycles. The number of rotatable bonds is 9. The molecule has 0 radical (unpaired) electrons. The molecule has 7 nitrogen and oxygen atoms in total. The Morgan fingerprint density at radius 3 is 2.48 bits per heavy atom. The minimum atomic E-state index is -1.05. The maximum atomic E-state index is 11.9. The second kappa shape index (κ2) is 10.7. The molecule has 0 aliphatic heterocycles. The number of carbonyl (C=O) groups excluding carboxylic acids is 1. The van der Waals surface area contributed by atoms with E-state index >= 15 is 0 Å². The summed E-state index contributed by atoms with van der Waals surface area (Å²) < 4.78 is 1.55. The maximum absolute atomic E-state index is 11.9. The van der Waals surface area contributed by atoms with E-state index in [9.17, 15) is 9.59 Å². The standard InChI is InChI=1S/C19H16N4O3S3/c24-16(21-20-10-14-8-4-5-9-15(14)17(25)26)12-28-19-23-22-18(29-19)27-11-13-6-2-1-3-7-13/h1-10H,11-12H2,(H,21,24)(H,25,26)/b20-10+. The van der Waals surface area contributed by atoms with E-state index in [2.05, 4.69) is 32.9 Å². The fourth-order valence-electron chi connectivity index (χ4n) is 2.17. The number of carboxylic acids is 1. The number of aromatic nitrogens is 2. The first-order valence-corrected chi connectivity index (χ1v) is 11.2. The number of hydrazone groups is 1. The van der Waals surface area contributed by atoms with Crippen LogP contribution in [0.2, 0.25) is 0 Å². The fourth-order valence-corrected chi connectivity index (χ4v) is 4.94. The van der Waals surface area contributed by atoms with Gasteiger partial charge in [0.1, 0.15) is 0 Å². The van der Waals surface area contributed by atoms with E-state index < -0.39 is 5.97 Å². The van der Waals surface area contributed by atoms with Crippen molar-refractivity contribution in [3.8, 4) is 0 Å². The first-order chi connectivity index (χ1) is 14.1. The van der Waals surface area contributed by atoms with E-state index in [1.165, 1.54) is 40.9 Å². The molecule has 0 fully saturated rings. The molecule has 0 aliphatic rings. The molecule has 10 heteroatoms. The first-order valence-electron chi connectivity index (χ1n) is 8.39. The van der Waals surface area contributed by atoms with Gasteiger partial charge in [-0.05, 0) is 11.6 Å². The van der Waals surface area contributed by atoms with Crippen LogP contribution in [-0.2, 0) is 10.5 Å². The highest BCUT2D eigenvalue weighted by atomic mass is 32.2. The number of carboxylic acid groups (broad SMARTS) is 1. The molecule has 0 bridgehead atoms. The summed E-state index contributed by atoms with van der Waals surface area (Å²) in [4.78, 5) is 23.1. The summed E-state index contributed by atoms with van der Waals surface area (Å²) in [5.41, 5.74) is 4.13. The van der Waals surface area contributed by atoms with Crippen molar-refractivity contribution in [2.75, 3.05) is 5.75 Å². The minimum absolute atomic E-state index is 0.120. The van der Waals surface area contributed by atoms with E-state index in [-0.39, 0.29) is 17.2 Å². The van der Waals surface area contributed by atoms with E-state index in [1.54, 1.807) is 30.0 Å². The predicted octanol–water partition coefficient (Wildman–Crippen LogP) is 3.77. The lowest BCUT2D eigenvalue weighted by molar-refractivity contribution is -0.118. The van der Waals surface area contributed by atoms with Gasteiger partial charge in [0.15, 0.2) is 8.68 Å². The molecule has 0 atom stereocenters. The van der Waals surface area contributed by atoms with E-state index in [0.29, 0.717) is 9.90 Å².